The maximum Gasteiger partial charge on any atom is 0.333 e. The van der Waals surface area contributed by atoms with Gasteiger partial charge in [0.1, 0.15) is 0 Å². The second kappa shape index (κ2) is 6.69. The number of rotatable bonds is 7. The second-order valence-corrected chi connectivity index (χ2v) is 4.45. The molecule has 0 bridgehead atoms. The molecule has 0 aromatic heterocycles. The Morgan fingerprint density at radius 3 is 2.69 bits per heavy atom. The number of esters is 1. The minimum Gasteiger partial charge on any atom is -0.462 e. The summed E-state index contributed by atoms with van der Waals surface area (Å²) in [7, 11) is 0. The minimum atomic E-state index is -0.287. The van der Waals surface area contributed by atoms with Gasteiger partial charge in [0.25, 0.3) is 0 Å². The number of carbonyl (C=O) groups excluding carboxylic acids is 1. The third kappa shape index (κ3) is 3.97. The van der Waals surface area contributed by atoms with Gasteiger partial charge in [-0.05, 0) is 32.1 Å². The van der Waals surface area contributed by atoms with Gasteiger partial charge in [0, 0.05) is 12.2 Å². The van der Waals surface area contributed by atoms with E-state index >= 15 is 0 Å². The predicted molar refractivity (Wildman–Crippen MR) is 63.1 cm³/mol. The van der Waals surface area contributed by atoms with Crippen molar-refractivity contribution in [2.45, 2.75) is 45.6 Å². The van der Waals surface area contributed by atoms with E-state index < -0.39 is 0 Å². The lowest BCUT2D eigenvalue weighted by atomic mass is 9.90. The summed E-state index contributed by atoms with van der Waals surface area (Å²) in [6, 6.07) is 0. The van der Waals surface area contributed by atoms with E-state index in [2.05, 4.69) is 13.5 Å². The number of carbonyl (C=O) groups is 1. The fourth-order valence-corrected chi connectivity index (χ4v) is 1.94. The Balaban J connectivity index is 2.21. The molecule has 1 rings (SSSR count). The average molecular weight is 226 g/mol. The van der Waals surface area contributed by atoms with Crippen LogP contribution in [0.1, 0.15) is 39.5 Å². The lowest BCUT2D eigenvalue weighted by Gasteiger charge is -2.34. The van der Waals surface area contributed by atoms with E-state index in [1.807, 2.05) is 0 Å². The zero-order chi connectivity index (χ0) is 12.0. The smallest absolute Gasteiger partial charge is 0.333 e. The summed E-state index contributed by atoms with van der Waals surface area (Å²) in [6.07, 6.45) is 4.74. The molecule has 1 aliphatic heterocycles. The molecule has 1 fully saturated rings. The fraction of sp³-hybridized carbons (Fsp3) is 0.769. The van der Waals surface area contributed by atoms with E-state index in [1.54, 1.807) is 6.92 Å². The molecule has 0 aliphatic carbocycles. The van der Waals surface area contributed by atoms with Gasteiger partial charge in [-0.2, -0.15) is 0 Å². The monoisotopic (exact) mass is 226 g/mol. The number of hydrogen-bond donors (Lipinski definition) is 0. The van der Waals surface area contributed by atoms with E-state index in [0.717, 1.165) is 32.3 Å². The molecule has 2 unspecified atom stereocenters. The highest BCUT2D eigenvalue weighted by molar-refractivity contribution is 5.86. The second-order valence-electron chi connectivity index (χ2n) is 4.45. The highest BCUT2D eigenvalue weighted by Gasteiger charge is 2.27. The normalized spacial score (nSPS) is 21.0. The van der Waals surface area contributed by atoms with E-state index in [9.17, 15) is 4.79 Å². The van der Waals surface area contributed by atoms with Crippen molar-refractivity contribution in [3.8, 4) is 0 Å². The van der Waals surface area contributed by atoms with Gasteiger partial charge in [0.05, 0.1) is 12.7 Å². The first kappa shape index (κ1) is 13.2. The molecule has 0 aromatic carbocycles. The minimum absolute atomic E-state index is 0.287. The van der Waals surface area contributed by atoms with Crippen LogP contribution in [0.4, 0.5) is 0 Å². The van der Waals surface area contributed by atoms with Crippen LogP contribution in [0.15, 0.2) is 12.2 Å². The van der Waals surface area contributed by atoms with Gasteiger partial charge in [0.15, 0.2) is 0 Å². The molecule has 0 N–H and O–H groups in total. The highest BCUT2D eigenvalue weighted by Crippen LogP contribution is 2.27. The van der Waals surface area contributed by atoms with Gasteiger partial charge in [-0.25, -0.2) is 4.79 Å². The molecular weight excluding hydrogens is 204 g/mol. The van der Waals surface area contributed by atoms with Crippen molar-refractivity contribution < 1.29 is 14.3 Å². The zero-order valence-electron chi connectivity index (χ0n) is 10.3. The van der Waals surface area contributed by atoms with Crippen molar-refractivity contribution in [2.75, 3.05) is 13.2 Å². The quantitative estimate of drug-likeness (QED) is 0.494. The fourth-order valence-electron chi connectivity index (χ4n) is 1.94. The number of hydrogen-bond acceptors (Lipinski definition) is 3. The molecule has 1 heterocycles. The lowest BCUT2D eigenvalue weighted by molar-refractivity contribution is -0.140. The van der Waals surface area contributed by atoms with Crippen LogP contribution in [-0.2, 0) is 14.3 Å². The summed E-state index contributed by atoms with van der Waals surface area (Å²) >= 11 is 0. The van der Waals surface area contributed by atoms with E-state index in [0.29, 0.717) is 24.2 Å². The Hall–Kier alpha value is -0.830. The summed E-state index contributed by atoms with van der Waals surface area (Å²) in [5.41, 5.74) is 0.465. The van der Waals surface area contributed by atoms with Crippen molar-refractivity contribution in [1.82, 2.24) is 0 Å². The summed E-state index contributed by atoms with van der Waals surface area (Å²) in [5, 5.41) is 0. The van der Waals surface area contributed by atoms with Crippen molar-refractivity contribution in [2.24, 2.45) is 5.92 Å². The first-order valence-corrected chi connectivity index (χ1v) is 6.09. The third-order valence-corrected chi connectivity index (χ3v) is 2.99. The van der Waals surface area contributed by atoms with Crippen LogP contribution in [-0.4, -0.2) is 25.3 Å². The summed E-state index contributed by atoms with van der Waals surface area (Å²) in [5.74, 6) is 0.251. The van der Waals surface area contributed by atoms with Crippen LogP contribution in [0, 0.1) is 5.92 Å². The number of ether oxygens (including phenoxy) is 2. The zero-order valence-corrected chi connectivity index (χ0v) is 10.3. The van der Waals surface area contributed by atoms with Gasteiger partial charge in [-0.3, -0.25) is 0 Å². The SMILES string of the molecule is C=C(C)C(=O)OCCC(CCC)C1CCO1. The standard InChI is InChI=1S/C13H22O3/c1-4-5-11(12-7-9-15-12)6-8-16-13(14)10(2)3/h11-12H,2,4-9H2,1,3H3. The lowest BCUT2D eigenvalue weighted by Crippen LogP contribution is -2.35. The van der Waals surface area contributed by atoms with Crippen molar-refractivity contribution in [1.29, 1.82) is 0 Å². The van der Waals surface area contributed by atoms with E-state index in [1.165, 1.54) is 0 Å². The summed E-state index contributed by atoms with van der Waals surface area (Å²) in [6.45, 7) is 8.76. The molecule has 0 spiro atoms. The molecule has 0 amide bonds. The molecule has 0 radical (unpaired) electrons. The van der Waals surface area contributed by atoms with Gasteiger partial charge in [-0.15, -0.1) is 0 Å². The summed E-state index contributed by atoms with van der Waals surface area (Å²) < 4.78 is 10.6. The first-order valence-electron chi connectivity index (χ1n) is 6.09. The van der Waals surface area contributed by atoms with Crippen molar-refractivity contribution >= 4 is 5.97 Å². The molecular formula is C13H22O3. The molecule has 2 atom stereocenters. The maximum atomic E-state index is 11.2. The molecule has 16 heavy (non-hydrogen) atoms. The topological polar surface area (TPSA) is 35.5 Å². The Bertz CT molecular complexity index is 244. The van der Waals surface area contributed by atoms with Gasteiger partial charge in [-0.1, -0.05) is 19.9 Å². The molecule has 92 valence electrons. The first-order chi connectivity index (χ1) is 7.65. The third-order valence-electron chi connectivity index (χ3n) is 2.99. The molecule has 3 nitrogen and oxygen atoms in total. The molecule has 1 saturated heterocycles. The van der Waals surface area contributed by atoms with E-state index in [4.69, 9.17) is 9.47 Å². The maximum absolute atomic E-state index is 11.2. The van der Waals surface area contributed by atoms with Gasteiger partial charge in [0.2, 0.25) is 0 Å². The van der Waals surface area contributed by atoms with Crippen LogP contribution in [0.2, 0.25) is 0 Å². The van der Waals surface area contributed by atoms with Crippen LogP contribution in [0.5, 0.6) is 0 Å². The molecule has 0 saturated carbocycles. The van der Waals surface area contributed by atoms with Gasteiger partial charge >= 0.3 is 5.97 Å². The van der Waals surface area contributed by atoms with Crippen LogP contribution in [0.25, 0.3) is 0 Å². The highest BCUT2D eigenvalue weighted by atomic mass is 16.5. The van der Waals surface area contributed by atoms with Gasteiger partial charge < -0.3 is 9.47 Å². The Labute approximate surface area is 97.8 Å². The van der Waals surface area contributed by atoms with Crippen LogP contribution >= 0.6 is 0 Å². The molecule has 3 heteroatoms. The Morgan fingerprint density at radius 2 is 2.25 bits per heavy atom. The Kier molecular flexibility index (Phi) is 5.53. The summed E-state index contributed by atoms with van der Waals surface area (Å²) in [4.78, 5) is 11.2. The largest absolute Gasteiger partial charge is 0.462 e. The van der Waals surface area contributed by atoms with Crippen LogP contribution < -0.4 is 0 Å². The average Bonchev–Trinajstić information content (AvgIpc) is 2.14. The Morgan fingerprint density at radius 1 is 1.56 bits per heavy atom. The van der Waals surface area contributed by atoms with E-state index in [-0.39, 0.29) is 5.97 Å². The van der Waals surface area contributed by atoms with Crippen molar-refractivity contribution in [3.05, 3.63) is 12.2 Å². The molecule has 1 aliphatic rings. The van der Waals surface area contributed by atoms with Crippen LogP contribution in [0.3, 0.4) is 0 Å². The van der Waals surface area contributed by atoms with Crippen molar-refractivity contribution in [3.63, 3.8) is 0 Å². The predicted octanol–water partition coefficient (Wildman–Crippen LogP) is 2.70. The molecule has 0 aromatic rings.